The van der Waals surface area contributed by atoms with E-state index in [1.54, 1.807) is 18.2 Å². The number of nitrogens with one attached hydrogen (secondary N) is 1. The number of carbonyl (C=O) groups is 1. The van der Waals surface area contributed by atoms with E-state index in [9.17, 15) is 18.0 Å². The van der Waals surface area contributed by atoms with E-state index in [0.717, 1.165) is 5.56 Å². The van der Waals surface area contributed by atoms with Gasteiger partial charge in [0.15, 0.2) is 0 Å². The number of benzene rings is 3. The predicted octanol–water partition coefficient (Wildman–Crippen LogP) is 4.95. The number of halogens is 3. The second-order valence-electron chi connectivity index (χ2n) is 5.74. The molecule has 3 aromatic rings. The Morgan fingerprint density at radius 1 is 0.815 bits per heavy atom. The molecule has 3 rings (SSSR count). The molecule has 0 aliphatic heterocycles. The van der Waals surface area contributed by atoms with Crippen molar-refractivity contribution in [2.75, 3.05) is 0 Å². The van der Waals surface area contributed by atoms with Crippen LogP contribution >= 0.6 is 0 Å². The Morgan fingerprint density at radius 2 is 1.41 bits per heavy atom. The maximum absolute atomic E-state index is 13.9. The van der Waals surface area contributed by atoms with Crippen molar-refractivity contribution in [3.05, 3.63) is 101 Å². The molecule has 0 aromatic heterocycles. The van der Waals surface area contributed by atoms with Gasteiger partial charge >= 0.3 is 6.61 Å². The van der Waals surface area contributed by atoms with Crippen LogP contribution in [0.5, 0.6) is 5.75 Å². The number of ether oxygens (including phenoxy) is 1. The summed E-state index contributed by atoms with van der Waals surface area (Å²) in [5, 5.41) is 2.80. The van der Waals surface area contributed by atoms with Crippen LogP contribution in [0.3, 0.4) is 0 Å². The summed E-state index contributed by atoms with van der Waals surface area (Å²) in [5.41, 5.74) is 1.34. The number of alkyl halides is 2. The van der Waals surface area contributed by atoms with Crippen LogP contribution < -0.4 is 10.1 Å². The van der Waals surface area contributed by atoms with Gasteiger partial charge < -0.3 is 10.1 Å². The number of rotatable bonds is 6. The molecule has 0 spiro atoms. The third-order valence-electron chi connectivity index (χ3n) is 3.97. The van der Waals surface area contributed by atoms with Crippen molar-refractivity contribution in [1.82, 2.24) is 5.32 Å². The third kappa shape index (κ3) is 4.67. The molecule has 1 amide bonds. The molecular weight excluding hydrogens is 355 g/mol. The molecule has 1 atom stereocenters. The van der Waals surface area contributed by atoms with Crippen molar-refractivity contribution in [1.29, 1.82) is 0 Å². The topological polar surface area (TPSA) is 38.3 Å². The quantitative estimate of drug-likeness (QED) is 0.666. The van der Waals surface area contributed by atoms with Gasteiger partial charge in [-0.3, -0.25) is 4.79 Å². The van der Waals surface area contributed by atoms with Crippen molar-refractivity contribution < 1.29 is 22.7 Å². The molecule has 0 bridgehead atoms. The van der Waals surface area contributed by atoms with Crippen molar-refractivity contribution >= 4 is 5.91 Å². The first-order chi connectivity index (χ1) is 13.0. The average Bonchev–Trinajstić information content (AvgIpc) is 2.67. The van der Waals surface area contributed by atoms with E-state index in [4.69, 9.17) is 0 Å². The fourth-order valence-corrected chi connectivity index (χ4v) is 2.70. The zero-order chi connectivity index (χ0) is 19.2. The highest BCUT2D eigenvalue weighted by Gasteiger charge is 2.20. The van der Waals surface area contributed by atoms with Crippen molar-refractivity contribution in [3.8, 4) is 5.75 Å². The summed E-state index contributed by atoms with van der Waals surface area (Å²) in [4.78, 5) is 12.6. The van der Waals surface area contributed by atoms with Crippen LogP contribution in [0, 0.1) is 5.82 Å². The van der Waals surface area contributed by atoms with Crippen molar-refractivity contribution in [2.45, 2.75) is 12.7 Å². The van der Waals surface area contributed by atoms with Crippen LogP contribution in [-0.4, -0.2) is 12.5 Å². The number of hydrogen-bond donors (Lipinski definition) is 1. The summed E-state index contributed by atoms with van der Waals surface area (Å²) in [6.45, 7) is -2.92. The van der Waals surface area contributed by atoms with Gasteiger partial charge in [-0.15, -0.1) is 0 Å². The van der Waals surface area contributed by atoms with Gasteiger partial charge in [0, 0.05) is 0 Å². The molecule has 1 N–H and O–H groups in total. The average molecular weight is 371 g/mol. The molecule has 0 saturated carbocycles. The van der Waals surface area contributed by atoms with Gasteiger partial charge in [0.25, 0.3) is 5.91 Å². The first-order valence-corrected chi connectivity index (χ1v) is 8.19. The van der Waals surface area contributed by atoms with Gasteiger partial charge in [-0.05, 0) is 35.4 Å². The molecule has 27 heavy (non-hydrogen) atoms. The Kier molecular flexibility index (Phi) is 5.76. The largest absolute Gasteiger partial charge is 0.435 e. The SMILES string of the molecule is O=C(NC(c1ccccc1)c1ccc(OC(F)F)cc1)c1ccccc1F. The molecule has 0 heterocycles. The highest BCUT2D eigenvalue weighted by molar-refractivity contribution is 5.94. The van der Waals surface area contributed by atoms with Crippen LogP contribution in [-0.2, 0) is 0 Å². The summed E-state index contributed by atoms with van der Waals surface area (Å²) in [6.07, 6.45) is 0. The fraction of sp³-hybridized carbons (Fsp3) is 0.0952. The minimum atomic E-state index is -2.92. The molecule has 0 aliphatic rings. The second kappa shape index (κ2) is 8.40. The van der Waals surface area contributed by atoms with E-state index in [1.165, 1.54) is 30.3 Å². The smallest absolute Gasteiger partial charge is 0.387 e. The zero-order valence-corrected chi connectivity index (χ0v) is 14.1. The maximum Gasteiger partial charge on any atom is 0.387 e. The maximum atomic E-state index is 13.9. The van der Waals surface area contributed by atoms with Crippen LogP contribution in [0.2, 0.25) is 0 Å². The molecule has 0 radical (unpaired) electrons. The molecule has 3 nitrogen and oxygen atoms in total. The normalized spacial score (nSPS) is 11.9. The molecule has 0 aliphatic carbocycles. The lowest BCUT2D eigenvalue weighted by Crippen LogP contribution is -2.30. The Morgan fingerprint density at radius 3 is 2.04 bits per heavy atom. The minimum Gasteiger partial charge on any atom is -0.435 e. The van der Waals surface area contributed by atoms with Gasteiger partial charge in [-0.25, -0.2) is 4.39 Å². The molecular formula is C21H16F3NO2. The lowest BCUT2D eigenvalue weighted by atomic mass is 9.98. The van der Waals surface area contributed by atoms with E-state index in [-0.39, 0.29) is 11.3 Å². The van der Waals surface area contributed by atoms with E-state index < -0.39 is 24.4 Å². The van der Waals surface area contributed by atoms with E-state index in [2.05, 4.69) is 10.1 Å². The van der Waals surface area contributed by atoms with Gasteiger partial charge in [-0.1, -0.05) is 54.6 Å². The highest BCUT2D eigenvalue weighted by Crippen LogP contribution is 2.25. The van der Waals surface area contributed by atoms with Crippen molar-refractivity contribution in [3.63, 3.8) is 0 Å². The number of carbonyl (C=O) groups excluding carboxylic acids is 1. The van der Waals surface area contributed by atoms with Crippen LogP contribution in [0.25, 0.3) is 0 Å². The summed E-state index contributed by atoms with van der Waals surface area (Å²) in [7, 11) is 0. The fourth-order valence-electron chi connectivity index (χ4n) is 2.70. The molecule has 0 saturated heterocycles. The number of hydrogen-bond acceptors (Lipinski definition) is 2. The molecule has 1 unspecified atom stereocenters. The van der Waals surface area contributed by atoms with Gasteiger partial charge in [-0.2, -0.15) is 8.78 Å². The second-order valence-corrected chi connectivity index (χ2v) is 5.74. The number of amides is 1. The van der Waals surface area contributed by atoms with Gasteiger partial charge in [0.2, 0.25) is 0 Å². The summed E-state index contributed by atoms with van der Waals surface area (Å²) < 4.78 is 42.9. The first-order valence-electron chi connectivity index (χ1n) is 8.19. The summed E-state index contributed by atoms with van der Waals surface area (Å²) >= 11 is 0. The van der Waals surface area contributed by atoms with E-state index >= 15 is 0 Å². The molecule has 138 valence electrons. The summed E-state index contributed by atoms with van der Waals surface area (Å²) in [5.74, 6) is -1.18. The van der Waals surface area contributed by atoms with E-state index in [1.807, 2.05) is 30.3 Å². The minimum absolute atomic E-state index is 0.0148. The molecule has 3 aromatic carbocycles. The van der Waals surface area contributed by atoms with Crippen LogP contribution in [0.1, 0.15) is 27.5 Å². The molecule has 0 fully saturated rings. The Balaban J connectivity index is 1.90. The Bertz CT molecular complexity index is 899. The van der Waals surface area contributed by atoms with Gasteiger partial charge in [0.05, 0.1) is 11.6 Å². The summed E-state index contributed by atoms with van der Waals surface area (Å²) in [6, 6.07) is 20.1. The Labute approximate surface area is 154 Å². The van der Waals surface area contributed by atoms with Gasteiger partial charge in [0.1, 0.15) is 11.6 Å². The van der Waals surface area contributed by atoms with Crippen LogP contribution in [0.4, 0.5) is 13.2 Å². The first kappa shape index (κ1) is 18.5. The highest BCUT2D eigenvalue weighted by atomic mass is 19.3. The van der Waals surface area contributed by atoms with E-state index in [0.29, 0.717) is 5.56 Å². The molecule has 6 heteroatoms. The Hall–Kier alpha value is -3.28. The predicted molar refractivity (Wildman–Crippen MR) is 95.2 cm³/mol. The lowest BCUT2D eigenvalue weighted by molar-refractivity contribution is -0.0498. The van der Waals surface area contributed by atoms with Crippen molar-refractivity contribution in [2.24, 2.45) is 0 Å². The lowest BCUT2D eigenvalue weighted by Gasteiger charge is -2.20. The standard InChI is InChI=1S/C21H16F3NO2/c22-18-9-5-4-8-17(18)20(26)25-19(14-6-2-1-3-7-14)15-10-12-16(13-11-15)27-21(23)24/h1-13,19,21H,(H,25,26). The van der Waals surface area contributed by atoms with Crippen LogP contribution in [0.15, 0.2) is 78.9 Å². The monoisotopic (exact) mass is 371 g/mol. The zero-order valence-electron chi connectivity index (χ0n) is 14.1. The third-order valence-corrected chi connectivity index (χ3v) is 3.97.